The van der Waals surface area contributed by atoms with Crippen molar-refractivity contribution in [1.29, 1.82) is 0 Å². The molecule has 3 aliphatic carbocycles. The minimum atomic E-state index is -1.63. The fraction of sp³-hybridized carbons (Fsp3) is 0.569. The van der Waals surface area contributed by atoms with E-state index in [1.165, 1.54) is 0 Å². The summed E-state index contributed by atoms with van der Waals surface area (Å²) in [6, 6.07) is 13.6. The Morgan fingerprint density at radius 2 is 1.69 bits per heavy atom. The summed E-state index contributed by atoms with van der Waals surface area (Å²) in [4.78, 5) is 43.3. The first-order chi connectivity index (χ1) is 33.7. The van der Waals surface area contributed by atoms with Gasteiger partial charge in [0.05, 0.1) is 30.7 Å². The van der Waals surface area contributed by atoms with Gasteiger partial charge in [-0.05, 0) is 134 Å². The van der Waals surface area contributed by atoms with Crippen LogP contribution in [0.1, 0.15) is 166 Å². The van der Waals surface area contributed by atoms with E-state index < -0.39 is 53.1 Å². The lowest BCUT2D eigenvalue weighted by Crippen LogP contribution is -2.54. The lowest BCUT2D eigenvalue weighted by Gasteiger charge is -2.45. The topological polar surface area (TPSA) is 192 Å². The molecule has 2 saturated carbocycles. The Morgan fingerprint density at radius 1 is 0.886 bits per heavy atom. The monoisotopic (exact) mass is 958 g/mol. The summed E-state index contributed by atoms with van der Waals surface area (Å²) < 4.78 is 18.3. The number of benzene rings is 3. The van der Waals surface area contributed by atoms with E-state index in [4.69, 9.17) is 14.2 Å². The van der Waals surface area contributed by atoms with Crippen molar-refractivity contribution in [2.24, 2.45) is 11.8 Å². The van der Waals surface area contributed by atoms with Crippen LogP contribution >= 0.6 is 0 Å². The third kappa shape index (κ3) is 10.5. The van der Waals surface area contributed by atoms with Crippen LogP contribution in [0.15, 0.2) is 53.6 Å². The van der Waals surface area contributed by atoms with E-state index in [9.17, 15) is 35.1 Å². The number of nitrogens with one attached hydrogen (secondary N) is 1. The number of carbonyl (C=O) groups excluding carboxylic acids is 3. The predicted molar refractivity (Wildman–Crippen MR) is 265 cm³/mol. The second-order valence-electron chi connectivity index (χ2n) is 21.5. The number of esters is 2. The molecule has 0 saturated heterocycles. The zero-order valence-corrected chi connectivity index (χ0v) is 41.1. The molecule has 8 unspecified atom stereocenters. The van der Waals surface area contributed by atoms with Crippen LogP contribution in [0, 0.1) is 23.7 Å². The van der Waals surface area contributed by atoms with Crippen LogP contribution in [0.2, 0.25) is 0 Å². The Morgan fingerprint density at radius 3 is 2.46 bits per heavy atom. The zero-order valence-electron chi connectivity index (χ0n) is 41.1. The number of aryl methyl sites for hydroxylation is 1. The maximum absolute atomic E-state index is 15.7. The molecule has 0 radical (unpaired) electrons. The van der Waals surface area contributed by atoms with Gasteiger partial charge in [0.15, 0.2) is 0 Å². The van der Waals surface area contributed by atoms with E-state index in [0.717, 1.165) is 48.8 Å². The van der Waals surface area contributed by atoms with Crippen molar-refractivity contribution >= 4 is 23.4 Å². The Bertz CT molecular complexity index is 2580. The average Bonchev–Trinajstić information content (AvgIpc) is 3.50. The van der Waals surface area contributed by atoms with Crippen molar-refractivity contribution in [3.05, 3.63) is 98.1 Å². The molecular weight excluding hydrogens is 887 g/mol. The van der Waals surface area contributed by atoms with E-state index >= 15 is 4.79 Å². The second-order valence-corrected chi connectivity index (χ2v) is 21.5. The summed E-state index contributed by atoms with van der Waals surface area (Å²) in [5.74, 6) is 3.98. The van der Waals surface area contributed by atoms with E-state index in [-0.39, 0.29) is 80.6 Å². The van der Waals surface area contributed by atoms with Crippen molar-refractivity contribution < 1.29 is 54.1 Å². The molecule has 0 spiro atoms. The lowest BCUT2D eigenvalue weighted by molar-refractivity contribution is -0.176. The number of rotatable bonds is 11. The maximum Gasteiger partial charge on any atom is 0.334 e. The summed E-state index contributed by atoms with van der Waals surface area (Å²) in [6.07, 6.45) is 6.03. The molecule has 3 aromatic carbocycles. The number of carbonyl (C=O) groups is 3. The Balaban J connectivity index is 1.28. The molecular formula is C58H71NO11. The van der Waals surface area contributed by atoms with Gasteiger partial charge >= 0.3 is 11.9 Å². The summed E-state index contributed by atoms with van der Waals surface area (Å²) in [5.41, 5.74) is 4.54. The molecule has 3 aromatic rings. The molecule has 12 nitrogen and oxygen atoms in total. The van der Waals surface area contributed by atoms with Crippen LogP contribution in [0.25, 0.3) is 0 Å². The van der Waals surface area contributed by atoms with Gasteiger partial charge in [-0.3, -0.25) is 9.59 Å². The Kier molecular flexibility index (Phi) is 15.0. The minimum Gasteiger partial charge on any atom is -0.507 e. The van der Waals surface area contributed by atoms with Crippen LogP contribution in [-0.2, 0) is 56.1 Å². The number of hydrogen-bond acceptors (Lipinski definition) is 12. The molecule has 12 heteroatoms. The predicted octanol–water partition coefficient (Wildman–Crippen LogP) is 8.09. The minimum absolute atomic E-state index is 0.0151. The third-order valence-corrected chi connectivity index (χ3v) is 16.5. The van der Waals surface area contributed by atoms with Crippen molar-refractivity contribution in [2.45, 2.75) is 177 Å². The van der Waals surface area contributed by atoms with E-state index in [2.05, 4.69) is 35.4 Å². The normalized spacial score (nSPS) is 27.9. The van der Waals surface area contributed by atoms with E-state index in [1.807, 2.05) is 25.1 Å². The molecule has 3 heterocycles. The fourth-order valence-electron chi connectivity index (χ4n) is 12.6. The number of aliphatic hydroxyl groups is 4. The molecule has 8 atom stereocenters. The zero-order chi connectivity index (χ0) is 49.3. The molecule has 2 fully saturated rings. The van der Waals surface area contributed by atoms with Crippen LogP contribution in [0.4, 0.5) is 5.69 Å². The van der Waals surface area contributed by atoms with Crippen molar-refractivity contribution in [2.75, 3.05) is 25.6 Å². The quantitative estimate of drug-likeness (QED) is 0.0616. The highest BCUT2D eigenvalue weighted by molar-refractivity contribution is 5.90. The van der Waals surface area contributed by atoms with Gasteiger partial charge in [0.2, 0.25) is 0 Å². The Hall–Kier alpha value is -5.03. The number of aliphatic hydroxyl groups excluding tert-OH is 2. The summed E-state index contributed by atoms with van der Waals surface area (Å²) >= 11 is 0. The summed E-state index contributed by atoms with van der Waals surface area (Å²) in [6.45, 7) is 3.94. The average molecular weight is 958 g/mol. The Labute approximate surface area is 412 Å². The first-order valence-corrected chi connectivity index (χ1v) is 25.9. The number of hydrogen-bond donors (Lipinski definition) is 6. The standard InChI is InChI=1S/C58H71NO11/c1-4-18-58(67)44-15-17-49(61)42(25-44)22-34-10-11-36-14-16-46(50(62)29-41(36)21-34)48-27-38(40-23-35(32-60)24-45(26-40)59-33-57(2,66)19-20-68-3)12-13-39-31-52(63)70-55-47(39)28-43(30-51(58)69-56(48)65)54(64)53(55)37-8-6-5-7-9-37/h10-11,21,23-24,26,28,37-39,42,44,50-51,59-60,62,64,66-67H,4-9,14-20,22,25,27,29-33H2,1-3H3. The number of aromatic hydroxyl groups is 1. The number of phenols is 1. The number of methoxy groups -OCH3 is 1. The number of ketones is 1. The second kappa shape index (κ2) is 21.0. The number of anilines is 1. The first-order valence-electron chi connectivity index (χ1n) is 25.9. The molecule has 6 aliphatic rings. The van der Waals surface area contributed by atoms with Crippen LogP contribution in [-0.4, -0.2) is 86.9 Å². The highest BCUT2D eigenvalue weighted by atomic mass is 16.6. The number of phenolic OH excluding ortho intramolecular Hbond substituents is 1. The van der Waals surface area contributed by atoms with Gasteiger partial charge in [-0.25, -0.2) is 4.79 Å². The SMILES string of the molecule is CCCC1(O)C2CCC(=O)C(Cc3ccc4c(c3)CC(O)C(=C3CC(c5cc(CO)cc(NCC(C)(O)CCOC)c5)C#CC5CC(=O)Oc6c5cc(c(O)c6C5CCCCC5)CC1OC3=O)CC4)C2. The molecule has 0 aromatic heterocycles. The number of fused-ring (bicyclic) bond motifs is 9. The molecule has 9 rings (SSSR count). The highest BCUT2D eigenvalue weighted by Crippen LogP contribution is 2.51. The van der Waals surface area contributed by atoms with Crippen LogP contribution in [0.5, 0.6) is 11.5 Å². The van der Waals surface area contributed by atoms with Crippen LogP contribution in [0.3, 0.4) is 0 Å². The molecule has 0 amide bonds. The van der Waals surface area contributed by atoms with Gasteiger partial charge < -0.3 is 45.1 Å². The van der Waals surface area contributed by atoms with Crippen molar-refractivity contribution in [3.8, 4) is 23.3 Å². The van der Waals surface area contributed by atoms with Gasteiger partial charge in [-0.2, -0.15) is 0 Å². The van der Waals surface area contributed by atoms with Crippen molar-refractivity contribution in [1.82, 2.24) is 0 Å². The van der Waals surface area contributed by atoms with Gasteiger partial charge in [-0.15, -0.1) is 0 Å². The maximum atomic E-state index is 15.7. The van der Waals surface area contributed by atoms with Gasteiger partial charge in [0.25, 0.3) is 0 Å². The summed E-state index contributed by atoms with van der Waals surface area (Å²) in [5, 5.41) is 63.8. The van der Waals surface area contributed by atoms with Crippen LogP contribution < -0.4 is 10.1 Å². The third-order valence-electron chi connectivity index (χ3n) is 16.5. The molecule has 6 N–H and O–H groups in total. The molecule has 9 bridgehead atoms. The lowest BCUT2D eigenvalue weighted by atomic mass is 9.66. The van der Waals surface area contributed by atoms with Gasteiger partial charge in [0, 0.05) is 80.2 Å². The number of ether oxygens (including phenoxy) is 3. The molecule has 374 valence electrons. The van der Waals surface area contributed by atoms with E-state index in [1.54, 1.807) is 20.1 Å². The van der Waals surface area contributed by atoms with Crippen molar-refractivity contribution in [3.63, 3.8) is 0 Å². The first kappa shape index (κ1) is 49.9. The van der Waals surface area contributed by atoms with E-state index in [0.29, 0.717) is 96.4 Å². The number of Topliss-reactive ketones (excluding diaryl/α,β-unsaturated/α-hetero) is 1. The smallest absolute Gasteiger partial charge is 0.334 e. The summed E-state index contributed by atoms with van der Waals surface area (Å²) in [7, 11) is 1.58. The van der Waals surface area contributed by atoms with Gasteiger partial charge in [0.1, 0.15) is 29.0 Å². The van der Waals surface area contributed by atoms with Gasteiger partial charge in [-0.1, -0.05) is 68.7 Å². The molecule has 70 heavy (non-hydrogen) atoms. The fourth-order valence-corrected chi connectivity index (χ4v) is 12.6. The molecule has 3 aliphatic heterocycles. The highest BCUT2D eigenvalue weighted by Gasteiger charge is 2.50. The largest absolute Gasteiger partial charge is 0.507 e.